The third-order valence-electron chi connectivity index (χ3n) is 0. The van der Waals surface area contributed by atoms with Crippen molar-refractivity contribution < 1.29 is 23.7 Å². The first-order chi connectivity index (χ1) is 2.00. The fraction of sp³-hybridized carbons (Fsp3) is 0. The van der Waals surface area contributed by atoms with Gasteiger partial charge in [0.1, 0.15) is 0 Å². The Morgan fingerprint density at radius 3 is 1.17 bits per heavy atom. The summed E-state index contributed by atoms with van der Waals surface area (Å²) in [6.07, 6.45) is 0. The first-order valence-corrected chi connectivity index (χ1v) is 2.10. The third-order valence-corrected chi connectivity index (χ3v) is 0. The predicted molar refractivity (Wildman–Crippen MR) is 14.2 cm³/mol. The van der Waals surface area contributed by atoms with Gasteiger partial charge in [0.2, 0.25) is 0 Å². The zero-order valence-corrected chi connectivity index (χ0v) is 3.29. The minimum absolute atomic E-state index is 0. The van der Waals surface area contributed by atoms with Crippen LogP contribution < -0.4 is 0 Å². The van der Waals surface area contributed by atoms with E-state index in [4.69, 9.17) is 17.5 Å². The van der Waals surface area contributed by atoms with Crippen molar-refractivity contribution in [1.29, 1.82) is 0 Å². The summed E-state index contributed by atoms with van der Waals surface area (Å²) in [4.78, 5) is 0. The van der Waals surface area contributed by atoms with E-state index in [0.29, 0.717) is 0 Å². The van der Waals surface area contributed by atoms with Crippen LogP contribution in [-0.4, -0.2) is 17.5 Å². The van der Waals surface area contributed by atoms with Crippen molar-refractivity contribution in [2.24, 2.45) is 0 Å². The minimum atomic E-state index is -4.67. The molecule has 6 heavy (non-hydrogen) atoms. The Balaban J connectivity index is 0. The second-order valence-corrected chi connectivity index (χ2v) is 1.34. The van der Waals surface area contributed by atoms with Gasteiger partial charge in [0.25, 0.3) is 0 Å². The van der Waals surface area contributed by atoms with Crippen LogP contribution >= 0.6 is 0 Å². The van der Waals surface area contributed by atoms with E-state index in [0.717, 1.165) is 0 Å². The normalized spacial score (nSPS) is 9.67. The van der Waals surface area contributed by atoms with Crippen molar-refractivity contribution in [1.82, 2.24) is 0 Å². The molecule has 40 valence electrons. The molecule has 4 nitrogen and oxygen atoms in total. The standard InChI is InChI=1S/Ne.H2O4S/c;1-5(2,3)4/h;(H2,1,2,3,4). The van der Waals surface area contributed by atoms with Gasteiger partial charge >= 0.3 is 10.4 Å². The summed E-state index contributed by atoms with van der Waals surface area (Å²) in [6.45, 7) is 0. The second-order valence-electron chi connectivity index (χ2n) is 0.448. The van der Waals surface area contributed by atoms with Gasteiger partial charge in [-0.05, 0) is 0 Å². The maximum atomic E-state index is 8.74. The van der Waals surface area contributed by atoms with Crippen molar-refractivity contribution in [2.75, 3.05) is 0 Å². The van der Waals surface area contributed by atoms with E-state index < -0.39 is 10.4 Å². The van der Waals surface area contributed by atoms with Gasteiger partial charge in [0.05, 0.1) is 0 Å². The molecule has 0 aliphatic carbocycles. The van der Waals surface area contributed by atoms with Gasteiger partial charge in [-0.25, -0.2) is 0 Å². The van der Waals surface area contributed by atoms with Crippen LogP contribution in [0, 0.1) is 6.15 Å². The summed E-state index contributed by atoms with van der Waals surface area (Å²) in [5, 5.41) is 0. The van der Waals surface area contributed by atoms with Crippen LogP contribution in [0.5, 0.6) is 0 Å². The molecule has 0 bridgehead atoms. The smallest absolute Gasteiger partial charge is 0.264 e. The molecule has 0 spiro atoms. The molecule has 0 saturated heterocycles. The molecule has 0 aromatic carbocycles. The maximum Gasteiger partial charge on any atom is 0.394 e. The van der Waals surface area contributed by atoms with Gasteiger partial charge < -0.3 is 0 Å². The molecule has 0 aliphatic rings. The van der Waals surface area contributed by atoms with E-state index in [1.165, 1.54) is 0 Å². The first-order valence-electron chi connectivity index (χ1n) is 0.698. The van der Waals surface area contributed by atoms with Gasteiger partial charge in [-0.15, -0.1) is 0 Å². The van der Waals surface area contributed by atoms with Gasteiger partial charge in [-0.2, -0.15) is 8.42 Å². The Labute approximate surface area is 35.1 Å². The minimum Gasteiger partial charge on any atom is -0.264 e. The quantitative estimate of drug-likeness (QED) is 0.414. The Morgan fingerprint density at radius 2 is 1.17 bits per heavy atom. The number of hydrogen-bond acceptors (Lipinski definition) is 2. The van der Waals surface area contributed by atoms with Crippen LogP contribution in [0.2, 0.25) is 0 Å². The zero-order valence-electron chi connectivity index (χ0n) is 2.47. The molecule has 2 N–H and O–H groups in total. The zero-order chi connectivity index (χ0) is 4.50. The van der Waals surface area contributed by atoms with Gasteiger partial charge in [-0.3, -0.25) is 9.11 Å². The summed E-state index contributed by atoms with van der Waals surface area (Å²) in [7, 11) is -4.67. The average Bonchev–Trinajstić information content (AvgIpc) is 0.722. The fourth-order valence-electron chi connectivity index (χ4n) is 0. The van der Waals surface area contributed by atoms with Crippen LogP contribution in [-0.2, 0) is 10.4 Å². The largest absolute Gasteiger partial charge is 0.394 e. The summed E-state index contributed by atoms with van der Waals surface area (Å²) in [5.74, 6) is 0. The number of hydrogen-bond donors (Lipinski definition) is 2. The van der Waals surface area contributed by atoms with Crippen molar-refractivity contribution in [3.63, 3.8) is 0 Å². The molecular weight excluding hydrogens is 116 g/mol. The molecule has 0 amide bonds. The van der Waals surface area contributed by atoms with Gasteiger partial charge in [0.15, 0.2) is 0 Å². The van der Waals surface area contributed by atoms with Crippen LogP contribution in [0.4, 0.5) is 0 Å². The van der Waals surface area contributed by atoms with Crippen molar-refractivity contribution in [3.05, 3.63) is 0 Å². The maximum absolute atomic E-state index is 8.74. The molecule has 6 heteroatoms. The first kappa shape index (κ1) is 9.24. The monoisotopic (exact) mass is 118 g/mol. The summed E-state index contributed by atoms with van der Waals surface area (Å²) < 4.78 is 31.6. The van der Waals surface area contributed by atoms with Gasteiger partial charge in [0, 0.05) is 6.15 Å². The van der Waals surface area contributed by atoms with Crippen molar-refractivity contribution in [3.8, 4) is 0 Å². The number of rotatable bonds is 0. The molecule has 0 aromatic rings. The van der Waals surface area contributed by atoms with E-state index in [-0.39, 0.29) is 6.15 Å². The molecule has 0 unspecified atom stereocenters. The second kappa shape index (κ2) is 2.04. The van der Waals surface area contributed by atoms with E-state index in [9.17, 15) is 0 Å². The van der Waals surface area contributed by atoms with Crippen molar-refractivity contribution in [2.45, 2.75) is 0 Å². The SMILES string of the molecule is O=S(=O)(O)O.[Ne]. The Hall–Kier alpha value is -0.221. The van der Waals surface area contributed by atoms with E-state index in [1.807, 2.05) is 0 Å². The average molecular weight is 118 g/mol. The summed E-state index contributed by atoms with van der Waals surface area (Å²) >= 11 is 0. The van der Waals surface area contributed by atoms with Crippen LogP contribution in [0.15, 0.2) is 0 Å². The molecule has 0 saturated carbocycles. The molecule has 0 fully saturated rings. The Bertz CT molecular complexity index is 90.7. The van der Waals surface area contributed by atoms with Crippen molar-refractivity contribution >= 4 is 10.4 Å². The van der Waals surface area contributed by atoms with Crippen LogP contribution in [0.3, 0.4) is 0 Å². The molecule has 0 heterocycles. The van der Waals surface area contributed by atoms with E-state index in [1.54, 1.807) is 0 Å². The predicted octanol–water partition coefficient (Wildman–Crippen LogP) is -0.653. The van der Waals surface area contributed by atoms with E-state index >= 15 is 0 Å². The summed E-state index contributed by atoms with van der Waals surface area (Å²) in [5.41, 5.74) is 0. The molecule has 0 atom stereocenters. The molecule has 0 radical (unpaired) electrons. The molecule has 0 rings (SSSR count). The summed E-state index contributed by atoms with van der Waals surface area (Å²) in [6, 6.07) is 0. The van der Waals surface area contributed by atoms with Gasteiger partial charge in [-0.1, -0.05) is 0 Å². The molecule has 0 aromatic heterocycles. The topological polar surface area (TPSA) is 74.6 Å². The Kier molecular flexibility index (Phi) is 3.15. The molecule has 0 aliphatic heterocycles. The Morgan fingerprint density at radius 1 is 1.17 bits per heavy atom. The van der Waals surface area contributed by atoms with Crippen LogP contribution in [0.25, 0.3) is 0 Å². The molecular formula is H2NeO4S. The fourth-order valence-corrected chi connectivity index (χ4v) is 0. The third kappa shape index (κ3) is 598. The van der Waals surface area contributed by atoms with E-state index in [2.05, 4.69) is 0 Å². The van der Waals surface area contributed by atoms with Crippen LogP contribution in [0.1, 0.15) is 0 Å².